The lowest BCUT2D eigenvalue weighted by molar-refractivity contribution is -0.150. The van der Waals surface area contributed by atoms with Crippen molar-refractivity contribution in [3.05, 3.63) is 40.0 Å². The standard InChI is InChI=1S/C16H17ClO4S/c17-11-3-1-2-4-14(11)22-15-12(18)9-13(21-16(15)19)10-5-7-20-8-6-10/h1-4,10,13,18H,5-9H2. The topological polar surface area (TPSA) is 55.8 Å². The lowest BCUT2D eigenvalue weighted by atomic mass is 9.90. The van der Waals surface area contributed by atoms with Crippen LogP contribution in [0.4, 0.5) is 0 Å². The van der Waals surface area contributed by atoms with E-state index in [1.54, 1.807) is 6.07 Å². The normalized spacial score (nSPS) is 23.5. The maximum absolute atomic E-state index is 12.2. The zero-order chi connectivity index (χ0) is 15.5. The summed E-state index contributed by atoms with van der Waals surface area (Å²) in [6, 6.07) is 7.22. The number of rotatable bonds is 3. The molecule has 0 saturated carbocycles. The quantitative estimate of drug-likeness (QED) is 0.844. The van der Waals surface area contributed by atoms with E-state index in [-0.39, 0.29) is 22.7 Å². The predicted octanol–water partition coefficient (Wildman–Crippen LogP) is 3.94. The van der Waals surface area contributed by atoms with E-state index in [0.29, 0.717) is 24.7 Å². The monoisotopic (exact) mass is 340 g/mol. The number of carbonyl (C=O) groups excluding carboxylic acids is 1. The van der Waals surface area contributed by atoms with E-state index in [4.69, 9.17) is 21.1 Å². The van der Waals surface area contributed by atoms with Crippen molar-refractivity contribution in [2.75, 3.05) is 13.2 Å². The van der Waals surface area contributed by atoms with Gasteiger partial charge in [0, 0.05) is 30.4 Å². The van der Waals surface area contributed by atoms with E-state index >= 15 is 0 Å². The van der Waals surface area contributed by atoms with Gasteiger partial charge in [-0.15, -0.1) is 0 Å². The summed E-state index contributed by atoms with van der Waals surface area (Å²) >= 11 is 7.25. The third-order valence-electron chi connectivity index (χ3n) is 3.94. The minimum Gasteiger partial charge on any atom is -0.511 e. The van der Waals surface area contributed by atoms with Gasteiger partial charge in [-0.2, -0.15) is 0 Å². The highest BCUT2D eigenvalue weighted by molar-refractivity contribution is 8.04. The zero-order valence-electron chi connectivity index (χ0n) is 12.0. The molecule has 1 fully saturated rings. The number of benzene rings is 1. The second-order valence-corrected chi connectivity index (χ2v) is 6.87. The van der Waals surface area contributed by atoms with Gasteiger partial charge in [-0.05, 0) is 25.0 Å². The summed E-state index contributed by atoms with van der Waals surface area (Å²) in [4.78, 5) is 13.2. The molecular formula is C16H17ClO4S. The Balaban J connectivity index is 1.75. The van der Waals surface area contributed by atoms with Crippen LogP contribution >= 0.6 is 23.4 Å². The molecule has 0 spiro atoms. The SMILES string of the molecule is O=C1OC(C2CCOCC2)CC(O)=C1Sc1ccccc1Cl. The highest BCUT2D eigenvalue weighted by Crippen LogP contribution is 2.39. The van der Waals surface area contributed by atoms with Crippen LogP contribution in [0, 0.1) is 5.92 Å². The summed E-state index contributed by atoms with van der Waals surface area (Å²) in [5.74, 6) is -0.116. The fourth-order valence-electron chi connectivity index (χ4n) is 2.72. The van der Waals surface area contributed by atoms with Gasteiger partial charge in [0.15, 0.2) is 0 Å². The molecule has 2 heterocycles. The third kappa shape index (κ3) is 3.42. The number of thioether (sulfide) groups is 1. The van der Waals surface area contributed by atoms with Crippen LogP contribution in [-0.4, -0.2) is 30.4 Å². The van der Waals surface area contributed by atoms with E-state index in [1.807, 2.05) is 18.2 Å². The van der Waals surface area contributed by atoms with Crippen molar-refractivity contribution in [2.24, 2.45) is 5.92 Å². The molecule has 1 atom stereocenters. The summed E-state index contributed by atoms with van der Waals surface area (Å²) in [5.41, 5.74) is 0. The molecule has 1 saturated heterocycles. The Hall–Kier alpha value is -1.17. The Morgan fingerprint density at radius 3 is 2.64 bits per heavy atom. The molecule has 0 radical (unpaired) electrons. The van der Waals surface area contributed by atoms with Crippen LogP contribution in [0.5, 0.6) is 0 Å². The maximum atomic E-state index is 12.2. The van der Waals surface area contributed by atoms with Crippen LogP contribution in [0.3, 0.4) is 0 Å². The lowest BCUT2D eigenvalue weighted by Crippen LogP contribution is -2.35. The lowest BCUT2D eigenvalue weighted by Gasteiger charge is -2.32. The number of carbonyl (C=O) groups is 1. The first-order valence-corrected chi connectivity index (χ1v) is 8.48. The molecule has 118 valence electrons. The van der Waals surface area contributed by atoms with Crippen molar-refractivity contribution >= 4 is 29.3 Å². The van der Waals surface area contributed by atoms with Gasteiger partial charge < -0.3 is 14.6 Å². The smallest absolute Gasteiger partial charge is 0.348 e. The molecule has 4 nitrogen and oxygen atoms in total. The average molecular weight is 341 g/mol. The highest BCUT2D eigenvalue weighted by Gasteiger charge is 2.35. The number of ether oxygens (including phenoxy) is 2. The van der Waals surface area contributed by atoms with Gasteiger partial charge in [0.25, 0.3) is 0 Å². The molecule has 1 aromatic carbocycles. The fourth-order valence-corrected chi connectivity index (χ4v) is 3.84. The van der Waals surface area contributed by atoms with Crippen molar-refractivity contribution in [3.63, 3.8) is 0 Å². The number of cyclic esters (lactones) is 1. The summed E-state index contributed by atoms with van der Waals surface area (Å²) in [7, 11) is 0. The molecule has 0 amide bonds. The summed E-state index contributed by atoms with van der Waals surface area (Å²) in [5, 5.41) is 10.8. The Labute approximate surface area is 138 Å². The molecule has 22 heavy (non-hydrogen) atoms. The van der Waals surface area contributed by atoms with Gasteiger partial charge in [0.2, 0.25) is 0 Å². The number of halogens is 1. The van der Waals surface area contributed by atoms with E-state index in [1.165, 1.54) is 0 Å². The fraction of sp³-hybridized carbons (Fsp3) is 0.438. The minimum atomic E-state index is -0.467. The van der Waals surface area contributed by atoms with Crippen molar-refractivity contribution in [1.82, 2.24) is 0 Å². The number of aliphatic hydroxyl groups is 1. The molecule has 0 aliphatic carbocycles. The van der Waals surface area contributed by atoms with Crippen LogP contribution in [-0.2, 0) is 14.3 Å². The van der Waals surface area contributed by atoms with Crippen molar-refractivity contribution in [3.8, 4) is 0 Å². The summed E-state index contributed by atoms with van der Waals surface area (Å²) < 4.78 is 10.9. The van der Waals surface area contributed by atoms with Crippen molar-refractivity contribution in [1.29, 1.82) is 0 Å². The van der Waals surface area contributed by atoms with E-state index in [0.717, 1.165) is 29.5 Å². The Morgan fingerprint density at radius 1 is 1.23 bits per heavy atom. The van der Waals surface area contributed by atoms with Gasteiger partial charge in [-0.25, -0.2) is 4.79 Å². The average Bonchev–Trinajstić information content (AvgIpc) is 2.53. The summed E-state index contributed by atoms with van der Waals surface area (Å²) in [6.45, 7) is 1.37. The van der Waals surface area contributed by atoms with Gasteiger partial charge in [0.1, 0.15) is 16.8 Å². The van der Waals surface area contributed by atoms with Gasteiger partial charge >= 0.3 is 5.97 Å². The number of hydrogen-bond donors (Lipinski definition) is 1. The first-order valence-electron chi connectivity index (χ1n) is 7.28. The zero-order valence-corrected chi connectivity index (χ0v) is 13.5. The molecule has 6 heteroatoms. The van der Waals surface area contributed by atoms with E-state index in [2.05, 4.69) is 0 Å². The highest BCUT2D eigenvalue weighted by atomic mass is 35.5. The molecule has 0 aromatic heterocycles. The van der Waals surface area contributed by atoms with E-state index < -0.39 is 5.97 Å². The Bertz CT molecular complexity index is 596. The Morgan fingerprint density at radius 2 is 1.95 bits per heavy atom. The molecule has 1 aromatic rings. The molecule has 1 unspecified atom stereocenters. The van der Waals surface area contributed by atoms with Gasteiger partial charge in [0.05, 0.1) is 5.02 Å². The largest absolute Gasteiger partial charge is 0.511 e. The molecular weight excluding hydrogens is 324 g/mol. The number of hydrogen-bond acceptors (Lipinski definition) is 5. The molecule has 3 rings (SSSR count). The first-order chi connectivity index (χ1) is 10.6. The molecule has 2 aliphatic heterocycles. The minimum absolute atomic E-state index is 0.0951. The first kappa shape index (κ1) is 15.7. The molecule has 2 aliphatic rings. The van der Waals surface area contributed by atoms with Gasteiger partial charge in [-0.1, -0.05) is 35.5 Å². The van der Waals surface area contributed by atoms with Crippen LogP contribution in [0.25, 0.3) is 0 Å². The maximum Gasteiger partial charge on any atom is 0.348 e. The Kier molecular flexibility index (Phi) is 4.96. The van der Waals surface area contributed by atoms with Crippen LogP contribution < -0.4 is 0 Å². The number of esters is 1. The molecule has 0 bridgehead atoms. The third-order valence-corrected chi connectivity index (χ3v) is 5.56. The second-order valence-electron chi connectivity index (χ2n) is 5.41. The predicted molar refractivity (Wildman–Crippen MR) is 85.0 cm³/mol. The van der Waals surface area contributed by atoms with E-state index in [9.17, 15) is 9.90 Å². The second kappa shape index (κ2) is 6.94. The number of aliphatic hydroxyl groups excluding tert-OH is 1. The van der Waals surface area contributed by atoms with Crippen LogP contribution in [0.2, 0.25) is 5.02 Å². The summed E-state index contributed by atoms with van der Waals surface area (Å²) in [6.07, 6.45) is 1.83. The van der Waals surface area contributed by atoms with Gasteiger partial charge in [-0.3, -0.25) is 0 Å². The van der Waals surface area contributed by atoms with Crippen molar-refractivity contribution in [2.45, 2.75) is 30.3 Å². The molecule has 1 N–H and O–H groups in total. The van der Waals surface area contributed by atoms with Crippen LogP contribution in [0.1, 0.15) is 19.3 Å². The van der Waals surface area contributed by atoms with Crippen LogP contribution in [0.15, 0.2) is 39.8 Å². The van der Waals surface area contributed by atoms with Crippen molar-refractivity contribution < 1.29 is 19.4 Å².